The van der Waals surface area contributed by atoms with Crippen molar-refractivity contribution in [2.24, 2.45) is 11.8 Å². The Kier molecular flexibility index (Phi) is 7.05. The first-order valence-electron chi connectivity index (χ1n) is 11.5. The number of benzene rings is 2. The number of hydrogen-bond donors (Lipinski definition) is 1. The molecule has 1 aliphatic rings. The molecule has 1 fully saturated rings. The molecule has 0 saturated heterocycles. The van der Waals surface area contributed by atoms with Crippen LogP contribution in [0.5, 0.6) is 0 Å². The molecule has 1 N–H and O–H groups in total. The lowest BCUT2D eigenvalue weighted by molar-refractivity contribution is -0.142. The number of rotatable bonds is 8. The molecule has 1 saturated carbocycles. The molecule has 2 aromatic carbocycles. The van der Waals surface area contributed by atoms with Gasteiger partial charge in [-0.2, -0.15) is 5.10 Å². The number of carboxylic acid groups (broad SMARTS) is 1. The number of carbonyl (C=O) groups is 1. The number of nitrogens with zero attached hydrogens (tertiary/aromatic N) is 2. The van der Waals surface area contributed by atoms with Crippen molar-refractivity contribution in [1.82, 2.24) is 9.78 Å². The largest absolute Gasteiger partial charge is 0.480 e. The van der Waals surface area contributed by atoms with E-state index >= 15 is 0 Å². The smallest absolute Gasteiger partial charge is 0.329 e. The van der Waals surface area contributed by atoms with E-state index in [9.17, 15) is 4.79 Å². The lowest BCUT2D eigenvalue weighted by atomic mass is 9.82. The Morgan fingerprint density at radius 2 is 1.69 bits per heavy atom. The Balaban J connectivity index is 1.55. The molecule has 1 aromatic heterocycles. The second-order valence-corrected chi connectivity index (χ2v) is 9.02. The highest BCUT2D eigenvalue weighted by Gasteiger charge is 2.25. The summed E-state index contributed by atoms with van der Waals surface area (Å²) in [5.74, 6) is 0.129. The van der Waals surface area contributed by atoms with Crippen LogP contribution in [0.4, 0.5) is 0 Å². The summed E-state index contributed by atoms with van der Waals surface area (Å²) in [6.07, 6.45) is 4.40. The molecule has 4 rings (SSSR count). The number of ether oxygens (including phenoxy) is 1. The number of aliphatic carboxylic acids is 1. The average molecular weight is 433 g/mol. The van der Waals surface area contributed by atoms with E-state index in [2.05, 4.69) is 73.1 Å². The lowest BCUT2D eigenvalue weighted by Gasteiger charge is -2.28. The van der Waals surface area contributed by atoms with E-state index in [1.807, 2.05) is 0 Å². The highest BCUT2D eigenvalue weighted by atomic mass is 16.5. The van der Waals surface area contributed by atoms with E-state index in [1.165, 1.54) is 27.9 Å². The maximum Gasteiger partial charge on any atom is 0.329 e. The molecule has 3 aromatic rings. The van der Waals surface area contributed by atoms with Crippen molar-refractivity contribution in [3.8, 4) is 22.4 Å². The third kappa shape index (κ3) is 5.28. The monoisotopic (exact) mass is 432 g/mol. The third-order valence-corrected chi connectivity index (χ3v) is 6.46. The molecular weight excluding hydrogens is 400 g/mol. The molecule has 0 atom stereocenters. The summed E-state index contributed by atoms with van der Waals surface area (Å²) in [6.45, 7) is 5.49. The van der Waals surface area contributed by atoms with Gasteiger partial charge in [0.25, 0.3) is 0 Å². The fourth-order valence-electron chi connectivity index (χ4n) is 4.89. The van der Waals surface area contributed by atoms with E-state index in [0.717, 1.165) is 37.9 Å². The maximum atomic E-state index is 10.7. The van der Waals surface area contributed by atoms with Crippen LogP contribution in [0.25, 0.3) is 22.4 Å². The van der Waals surface area contributed by atoms with E-state index in [-0.39, 0.29) is 6.61 Å². The van der Waals surface area contributed by atoms with Crippen molar-refractivity contribution in [3.63, 3.8) is 0 Å². The zero-order valence-electron chi connectivity index (χ0n) is 19.0. The Labute approximate surface area is 190 Å². The topological polar surface area (TPSA) is 64.4 Å². The van der Waals surface area contributed by atoms with Gasteiger partial charge in [-0.15, -0.1) is 0 Å². The summed E-state index contributed by atoms with van der Waals surface area (Å²) in [5.41, 5.74) is 7.13. The van der Waals surface area contributed by atoms with Crippen molar-refractivity contribution in [2.45, 2.75) is 46.1 Å². The highest BCUT2D eigenvalue weighted by Crippen LogP contribution is 2.37. The van der Waals surface area contributed by atoms with Gasteiger partial charge in [-0.3, -0.25) is 4.68 Å². The van der Waals surface area contributed by atoms with Gasteiger partial charge in [-0.1, -0.05) is 60.2 Å². The highest BCUT2D eigenvalue weighted by molar-refractivity contribution is 5.83. The van der Waals surface area contributed by atoms with Gasteiger partial charge in [0.1, 0.15) is 6.61 Å². The first kappa shape index (κ1) is 22.3. The van der Waals surface area contributed by atoms with Gasteiger partial charge in [-0.25, -0.2) is 4.79 Å². The predicted octanol–water partition coefficient (Wildman–Crippen LogP) is 5.74. The summed E-state index contributed by atoms with van der Waals surface area (Å²) in [7, 11) is 0. The van der Waals surface area contributed by atoms with E-state index < -0.39 is 5.97 Å². The van der Waals surface area contributed by atoms with Crippen LogP contribution in [0.3, 0.4) is 0 Å². The first-order chi connectivity index (χ1) is 15.5. The summed E-state index contributed by atoms with van der Waals surface area (Å²) in [5, 5.41) is 13.8. The van der Waals surface area contributed by atoms with Crippen LogP contribution in [0.2, 0.25) is 0 Å². The average Bonchev–Trinajstić information content (AvgIpc) is 3.11. The number of aryl methyl sites for hydroxylation is 2. The molecule has 168 valence electrons. The van der Waals surface area contributed by atoms with Gasteiger partial charge in [0, 0.05) is 17.7 Å². The van der Waals surface area contributed by atoms with E-state index in [0.29, 0.717) is 18.4 Å². The van der Waals surface area contributed by atoms with Crippen LogP contribution in [0.1, 0.15) is 36.9 Å². The summed E-state index contributed by atoms with van der Waals surface area (Å²) >= 11 is 0. The van der Waals surface area contributed by atoms with E-state index in [1.54, 1.807) is 0 Å². The molecule has 0 radical (unpaired) electrons. The summed E-state index contributed by atoms with van der Waals surface area (Å²) < 4.78 is 7.54. The minimum absolute atomic E-state index is 0.200. The first-order valence-corrected chi connectivity index (χ1v) is 11.5. The van der Waals surface area contributed by atoms with Crippen molar-refractivity contribution < 1.29 is 14.6 Å². The molecular formula is C27H32N2O3. The SMILES string of the molecule is Cc1cccc(-c2c(C)nn(C[C@H]3CC[C@@H](COCC(=O)O)CC3)c2-c2ccccc2)c1. The van der Waals surface area contributed by atoms with Crippen molar-refractivity contribution >= 4 is 5.97 Å². The van der Waals surface area contributed by atoms with Gasteiger partial charge >= 0.3 is 5.97 Å². The van der Waals surface area contributed by atoms with Crippen LogP contribution < -0.4 is 0 Å². The number of aromatic nitrogens is 2. The zero-order valence-corrected chi connectivity index (χ0v) is 19.0. The molecule has 0 unspecified atom stereocenters. The number of carboxylic acids is 1. The van der Waals surface area contributed by atoms with Crippen molar-refractivity contribution in [2.75, 3.05) is 13.2 Å². The van der Waals surface area contributed by atoms with Gasteiger partial charge in [-0.05, 0) is 56.9 Å². The van der Waals surface area contributed by atoms with E-state index in [4.69, 9.17) is 14.9 Å². The molecule has 5 nitrogen and oxygen atoms in total. The Morgan fingerprint density at radius 3 is 2.38 bits per heavy atom. The molecule has 0 spiro atoms. The normalized spacial score (nSPS) is 18.6. The predicted molar refractivity (Wildman–Crippen MR) is 126 cm³/mol. The van der Waals surface area contributed by atoms with Crippen LogP contribution in [-0.4, -0.2) is 34.1 Å². The second-order valence-electron chi connectivity index (χ2n) is 9.02. The second kappa shape index (κ2) is 10.1. The Morgan fingerprint density at radius 1 is 1.00 bits per heavy atom. The lowest BCUT2D eigenvalue weighted by Crippen LogP contribution is -2.23. The zero-order chi connectivity index (χ0) is 22.5. The molecule has 5 heteroatoms. The van der Waals surface area contributed by atoms with Crippen LogP contribution in [0, 0.1) is 25.7 Å². The quantitative estimate of drug-likeness (QED) is 0.493. The molecule has 32 heavy (non-hydrogen) atoms. The molecule has 0 bridgehead atoms. The van der Waals surface area contributed by atoms with Crippen LogP contribution >= 0.6 is 0 Å². The minimum atomic E-state index is -0.898. The number of hydrogen-bond acceptors (Lipinski definition) is 3. The van der Waals surface area contributed by atoms with Gasteiger partial charge in [0.15, 0.2) is 0 Å². The van der Waals surface area contributed by atoms with Gasteiger partial charge in [0.05, 0.1) is 18.0 Å². The van der Waals surface area contributed by atoms with Gasteiger partial charge < -0.3 is 9.84 Å². The molecule has 1 heterocycles. The van der Waals surface area contributed by atoms with Gasteiger partial charge in [0.2, 0.25) is 0 Å². The summed E-state index contributed by atoms with van der Waals surface area (Å²) in [4.78, 5) is 10.7. The summed E-state index contributed by atoms with van der Waals surface area (Å²) in [6, 6.07) is 19.2. The molecule has 0 amide bonds. The minimum Gasteiger partial charge on any atom is -0.480 e. The maximum absolute atomic E-state index is 10.7. The molecule has 1 aliphatic carbocycles. The van der Waals surface area contributed by atoms with Crippen molar-refractivity contribution in [3.05, 3.63) is 65.9 Å². The fraction of sp³-hybridized carbons (Fsp3) is 0.407. The Bertz CT molecular complexity index is 1050. The Hall–Kier alpha value is -2.92. The van der Waals surface area contributed by atoms with Crippen molar-refractivity contribution in [1.29, 1.82) is 0 Å². The molecule has 0 aliphatic heterocycles. The van der Waals surface area contributed by atoms with Crippen LogP contribution in [-0.2, 0) is 16.1 Å². The standard InChI is InChI=1S/C27H32N2O3/c1-19-7-6-10-24(15-19)26-20(2)28-29(27(26)23-8-4-3-5-9-23)16-21-11-13-22(14-12-21)17-32-18-25(30)31/h3-10,15,21-22H,11-14,16-18H2,1-2H3,(H,30,31)/t21-,22+. The third-order valence-electron chi connectivity index (χ3n) is 6.46. The fourth-order valence-corrected chi connectivity index (χ4v) is 4.89. The van der Waals surface area contributed by atoms with Crippen LogP contribution in [0.15, 0.2) is 54.6 Å².